The van der Waals surface area contributed by atoms with Gasteiger partial charge in [-0.25, -0.2) is 0 Å². The zero-order valence-corrected chi connectivity index (χ0v) is 11.4. The third kappa shape index (κ3) is 2.90. The first-order chi connectivity index (χ1) is 8.58. The molecule has 1 aliphatic rings. The van der Waals surface area contributed by atoms with Crippen LogP contribution in [0.4, 0.5) is 0 Å². The summed E-state index contributed by atoms with van der Waals surface area (Å²) in [7, 11) is 1.91. The molecule has 0 spiro atoms. The highest BCUT2D eigenvalue weighted by atomic mass is 16.2. The van der Waals surface area contributed by atoms with Crippen LogP contribution in [-0.4, -0.2) is 39.7 Å². The summed E-state index contributed by atoms with van der Waals surface area (Å²) in [6.45, 7) is 6.45. The first-order valence-corrected chi connectivity index (χ1v) is 6.59. The number of nitrogens with one attached hydrogen (secondary N) is 1. The van der Waals surface area contributed by atoms with Gasteiger partial charge < -0.3 is 10.2 Å². The number of carbonyl (C=O) groups excluding carboxylic acids is 1. The molecule has 0 radical (unpaired) electrons. The Morgan fingerprint density at radius 3 is 2.72 bits per heavy atom. The lowest BCUT2D eigenvalue weighted by atomic mass is 10.2. The van der Waals surface area contributed by atoms with Gasteiger partial charge in [-0.2, -0.15) is 5.10 Å². The molecule has 1 fully saturated rings. The fraction of sp³-hybridized carbons (Fsp3) is 0.692. The van der Waals surface area contributed by atoms with Crippen molar-refractivity contribution in [1.82, 2.24) is 20.0 Å². The van der Waals surface area contributed by atoms with Crippen molar-refractivity contribution in [3.8, 4) is 0 Å². The lowest BCUT2D eigenvalue weighted by Gasteiger charge is -2.21. The average Bonchev–Trinajstić information content (AvgIpc) is 2.95. The Morgan fingerprint density at radius 2 is 2.17 bits per heavy atom. The Kier molecular flexibility index (Phi) is 4.01. The molecule has 2 heterocycles. The summed E-state index contributed by atoms with van der Waals surface area (Å²) in [5.41, 5.74) is 2.17. The lowest BCUT2D eigenvalue weighted by Crippen LogP contribution is -2.43. The molecule has 1 saturated heterocycles. The van der Waals surface area contributed by atoms with Crippen LogP contribution in [-0.2, 0) is 18.4 Å². The summed E-state index contributed by atoms with van der Waals surface area (Å²) in [4.78, 5) is 14.1. The van der Waals surface area contributed by atoms with Gasteiger partial charge >= 0.3 is 0 Å². The molecule has 0 aromatic carbocycles. The van der Waals surface area contributed by atoms with Crippen LogP contribution in [0.3, 0.4) is 0 Å². The Balaban J connectivity index is 1.85. The van der Waals surface area contributed by atoms with E-state index >= 15 is 0 Å². The van der Waals surface area contributed by atoms with Gasteiger partial charge in [-0.05, 0) is 26.7 Å². The van der Waals surface area contributed by atoms with Crippen LogP contribution < -0.4 is 5.32 Å². The van der Waals surface area contributed by atoms with Gasteiger partial charge in [0.15, 0.2) is 0 Å². The minimum Gasteiger partial charge on any atom is -0.341 e. The van der Waals surface area contributed by atoms with Crippen LogP contribution in [0, 0.1) is 6.92 Å². The van der Waals surface area contributed by atoms with Gasteiger partial charge in [-0.15, -0.1) is 0 Å². The maximum atomic E-state index is 12.1. The first kappa shape index (κ1) is 13.1. The van der Waals surface area contributed by atoms with Crippen molar-refractivity contribution in [3.63, 3.8) is 0 Å². The second-order valence-corrected chi connectivity index (χ2v) is 5.05. The van der Waals surface area contributed by atoms with Crippen LogP contribution in [0.2, 0.25) is 0 Å². The number of hydrogen-bond acceptors (Lipinski definition) is 3. The second kappa shape index (κ2) is 5.52. The summed E-state index contributed by atoms with van der Waals surface area (Å²) in [6.07, 6.45) is 4.27. The highest BCUT2D eigenvalue weighted by Crippen LogP contribution is 2.10. The number of hydrogen-bond donors (Lipinski definition) is 1. The van der Waals surface area contributed by atoms with Crippen LogP contribution in [0.15, 0.2) is 6.20 Å². The third-order valence-electron chi connectivity index (χ3n) is 3.50. The topological polar surface area (TPSA) is 50.2 Å². The van der Waals surface area contributed by atoms with Gasteiger partial charge in [-0.3, -0.25) is 9.48 Å². The molecule has 0 bridgehead atoms. The summed E-state index contributed by atoms with van der Waals surface area (Å²) < 4.78 is 1.80. The van der Waals surface area contributed by atoms with Crippen LogP contribution in [0.1, 0.15) is 31.0 Å². The molecule has 1 N–H and O–H groups in total. The minimum absolute atomic E-state index is 0.122. The molecule has 1 aromatic heterocycles. The summed E-state index contributed by atoms with van der Waals surface area (Å²) >= 11 is 0. The molecule has 1 atom stereocenters. The van der Waals surface area contributed by atoms with E-state index in [2.05, 4.69) is 10.4 Å². The minimum atomic E-state index is -0.122. The molecular formula is C13H22N4O. The number of nitrogens with zero attached hydrogens (tertiary/aromatic N) is 3. The summed E-state index contributed by atoms with van der Waals surface area (Å²) in [5, 5.41) is 7.58. The number of amides is 1. The van der Waals surface area contributed by atoms with E-state index in [4.69, 9.17) is 0 Å². The predicted molar refractivity (Wildman–Crippen MR) is 70.1 cm³/mol. The predicted octanol–water partition coefficient (Wildman–Crippen LogP) is 0.829. The Labute approximate surface area is 108 Å². The van der Waals surface area contributed by atoms with Gasteiger partial charge in [0.1, 0.15) is 0 Å². The molecule has 5 heteroatoms. The molecule has 100 valence electrons. The van der Waals surface area contributed by atoms with Gasteiger partial charge in [0, 0.05) is 38.4 Å². The molecule has 2 rings (SSSR count). The molecule has 1 aromatic rings. The fourth-order valence-corrected chi connectivity index (χ4v) is 2.38. The van der Waals surface area contributed by atoms with E-state index in [9.17, 15) is 4.79 Å². The largest absolute Gasteiger partial charge is 0.341 e. The smallest absolute Gasteiger partial charge is 0.239 e. The van der Waals surface area contributed by atoms with Crippen molar-refractivity contribution in [2.45, 2.75) is 39.3 Å². The van der Waals surface area contributed by atoms with Crippen molar-refractivity contribution in [3.05, 3.63) is 17.5 Å². The third-order valence-corrected chi connectivity index (χ3v) is 3.50. The standard InChI is InChI=1S/C13H22N4O/c1-10-12(9-16(3)15-10)8-14-11(2)13(18)17-6-4-5-7-17/h9,11,14H,4-8H2,1-3H3. The number of aromatic nitrogens is 2. The molecule has 0 saturated carbocycles. The number of likely N-dealkylation sites (tertiary alicyclic amines) is 1. The molecular weight excluding hydrogens is 228 g/mol. The summed E-state index contributed by atoms with van der Waals surface area (Å²) in [5.74, 6) is 0.217. The monoisotopic (exact) mass is 250 g/mol. The van der Waals surface area contributed by atoms with Gasteiger partial charge in [0.2, 0.25) is 5.91 Å². The molecule has 1 aliphatic heterocycles. The summed E-state index contributed by atoms with van der Waals surface area (Å²) in [6, 6.07) is -0.122. The number of rotatable bonds is 4. The maximum Gasteiger partial charge on any atom is 0.239 e. The van der Waals surface area contributed by atoms with Gasteiger partial charge in [0.05, 0.1) is 11.7 Å². The van der Waals surface area contributed by atoms with Gasteiger partial charge in [0.25, 0.3) is 0 Å². The van der Waals surface area contributed by atoms with Crippen LogP contribution in [0.5, 0.6) is 0 Å². The molecule has 1 unspecified atom stereocenters. The van der Waals surface area contributed by atoms with E-state index < -0.39 is 0 Å². The van der Waals surface area contributed by atoms with E-state index in [1.807, 2.05) is 32.0 Å². The molecule has 5 nitrogen and oxygen atoms in total. The van der Waals surface area contributed by atoms with Crippen molar-refractivity contribution in [1.29, 1.82) is 0 Å². The normalized spacial score (nSPS) is 17.2. The Bertz CT molecular complexity index is 421. The second-order valence-electron chi connectivity index (χ2n) is 5.05. The molecule has 18 heavy (non-hydrogen) atoms. The van der Waals surface area contributed by atoms with Crippen molar-refractivity contribution in [2.75, 3.05) is 13.1 Å². The Morgan fingerprint density at radius 1 is 1.50 bits per heavy atom. The SMILES string of the molecule is Cc1nn(C)cc1CNC(C)C(=O)N1CCCC1. The molecule has 1 amide bonds. The van der Waals surface area contributed by atoms with Crippen molar-refractivity contribution in [2.24, 2.45) is 7.05 Å². The maximum absolute atomic E-state index is 12.1. The zero-order chi connectivity index (χ0) is 13.1. The van der Waals surface area contributed by atoms with Crippen LogP contribution >= 0.6 is 0 Å². The first-order valence-electron chi connectivity index (χ1n) is 6.59. The highest BCUT2D eigenvalue weighted by Gasteiger charge is 2.22. The molecule has 0 aliphatic carbocycles. The van der Waals surface area contributed by atoms with E-state index in [0.29, 0.717) is 6.54 Å². The van der Waals surface area contributed by atoms with Crippen LogP contribution in [0.25, 0.3) is 0 Å². The lowest BCUT2D eigenvalue weighted by molar-refractivity contribution is -0.131. The van der Waals surface area contributed by atoms with E-state index in [1.165, 1.54) is 0 Å². The highest BCUT2D eigenvalue weighted by molar-refractivity contribution is 5.81. The Hall–Kier alpha value is -1.36. The average molecular weight is 250 g/mol. The number of carbonyl (C=O) groups is 1. The van der Waals surface area contributed by atoms with E-state index in [0.717, 1.165) is 37.2 Å². The van der Waals surface area contributed by atoms with Crippen molar-refractivity contribution >= 4 is 5.91 Å². The zero-order valence-electron chi connectivity index (χ0n) is 11.4. The fourth-order valence-electron chi connectivity index (χ4n) is 2.38. The van der Waals surface area contributed by atoms with E-state index in [-0.39, 0.29) is 11.9 Å². The van der Waals surface area contributed by atoms with E-state index in [1.54, 1.807) is 4.68 Å². The van der Waals surface area contributed by atoms with Gasteiger partial charge in [-0.1, -0.05) is 0 Å². The quantitative estimate of drug-likeness (QED) is 0.861. The van der Waals surface area contributed by atoms with Crippen molar-refractivity contribution < 1.29 is 4.79 Å². The number of aryl methyl sites for hydroxylation is 2.